The molecule has 5 rings (SSSR count). The first kappa shape index (κ1) is 21.2. The molecular weight excluding hydrogens is 428 g/mol. The van der Waals surface area contributed by atoms with E-state index in [1.165, 1.54) is 15.7 Å². The van der Waals surface area contributed by atoms with Gasteiger partial charge in [0.15, 0.2) is 6.23 Å². The van der Waals surface area contributed by atoms with E-state index in [1.54, 1.807) is 6.20 Å². The molecule has 2 aromatic carbocycles. The molecule has 0 spiro atoms. The maximum absolute atomic E-state index is 12.8. The Labute approximate surface area is 189 Å². The van der Waals surface area contributed by atoms with Crippen LogP contribution in [0.4, 0.5) is 0 Å². The first-order chi connectivity index (χ1) is 15.5. The maximum atomic E-state index is 12.8. The highest BCUT2D eigenvalue weighted by molar-refractivity contribution is 7.71. The van der Waals surface area contributed by atoms with Crippen molar-refractivity contribution in [2.75, 3.05) is 6.61 Å². The van der Waals surface area contributed by atoms with Crippen LogP contribution in [0.15, 0.2) is 59.5 Å². The van der Waals surface area contributed by atoms with E-state index in [0.717, 1.165) is 24.0 Å². The minimum atomic E-state index is -1.37. The molecule has 3 aromatic rings. The number of hydrogen-bond donors (Lipinski definition) is 4. The highest BCUT2D eigenvalue weighted by atomic mass is 32.1. The van der Waals surface area contributed by atoms with Crippen LogP contribution < -0.4 is 5.69 Å². The second-order valence-corrected chi connectivity index (χ2v) is 8.72. The summed E-state index contributed by atoms with van der Waals surface area (Å²) in [6.07, 6.45) is -1.38. The van der Waals surface area contributed by atoms with Crippen LogP contribution in [0, 0.1) is 4.64 Å². The molecule has 1 aliphatic carbocycles. The number of H-pyrrole nitrogens is 1. The van der Waals surface area contributed by atoms with Gasteiger partial charge in [0.2, 0.25) is 0 Å². The standard InChI is InChI=1S/C24H24N2O5S/c27-12-18-20(28)21(29)23(31-18)26-11-17(22(32)25-24(26)30)19-15-7-3-1-5-13(15)9-10-14-6-2-4-8-16(14)19/h1-8,11,18-21,23,27-29H,9-10,12H2,(H,25,30,32)/t18-,20-,21-,23-/m1/s1. The predicted octanol–water partition coefficient (Wildman–Crippen LogP) is 1.80. The van der Waals surface area contributed by atoms with Gasteiger partial charge in [0.1, 0.15) is 23.0 Å². The van der Waals surface area contributed by atoms with Crippen molar-refractivity contribution in [3.05, 3.63) is 97.7 Å². The lowest BCUT2D eigenvalue weighted by atomic mass is 9.84. The topological polar surface area (TPSA) is 108 Å². The van der Waals surface area contributed by atoms with E-state index >= 15 is 0 Å². The molecule has 7 nitrogen and oxygen atoms in total. The number of fused-ring (bicyclic) bond motifs is 2. The molecule has 2 aliphatic rings. The Morgan fingerprint density at radius 2 is 1.56 bits per heavy atom. The van der Waals surface area contributed by atoms with Crippen LogP contribution in [0.5, 0.6) is 0 Å². The van der Waals surface area contributed by atoms with Crippen molar-refractivity contribution >= 4 is 12.2 Å². The number of aromatic nitrogens is 2. The Morgan fingerprint density at radius 1 is 0.969 bits per heavy atom. The zero-order valence-electron chi connectivity index (χ0n) is 17.2. The second kappa shape index (κ2) is 8.38. The van der Waals surface area contributed by atoms with Gasteiger partial charge in [-0.15, -0.1) is 0 Å². The van der Waals surface area contributed by atoms with Gasteiger partial charge in [-0.2, -0.15) is 0 Å². The van der Waals surface area contributed by atoms with Crippen LogP contribution in [0.1, 0.15) is 40.0 Å². The van der Waals surface area contributed by atoms with Crippen molar-refractivity contribution in [3.8, 4) is 0 Å². The number of nitrogens with one attached hydrogen (secondary N) is 1. The van der Waals surface area contributed by atoms with Gasteiger partial charge < -0.3 is 20.1 Å². The Hall–Kier alpha value is -2.62. The van der Waals surface area contributed by atoms with Crippen LogP contribution in [0.3, 0.4) is 0 Å². The summed E-state index contributed by atoms with van der Waals surface area (Å²) >= 11 is 5.59. The second-order valence-electron chi connectivity index (χ2n) is 8.31. The van der Waals surface area contributed by atoms with Crippen LogP contribution >= 0.6 is 12.2 Å². The first-order valence-corrected chi connectivity index (χ1v) is 11.0. The van der Waals surface area contributed by atoms with Gasteiger partial charge in [-0.25, -0.2) is 4.79 Å². The van der Waals surface area contributed by atoms with Gasteiger partial charge in [-0.3, -0.25) is 9.55 Å². The summed E-state index contributed by atoms with van der Waals surface area (Å²) in [6.45, 7) is -0.470. The third kappa shape index (κ3) is 3.44. The predicted molar refractivity (Wildman–Crippen MR) is 120 cm³/mol. The average Bonchev–Trinajstić information content (AvgIpc) is 2.99. The van der Waals surface area contributed by atoms with Gasteiger partial charge in [0.05, 0.1) is 6.61 Å². The lowest BCUT2D eigenvalue weighted by Gasteiger charge is -2.24. The summed E-state index contributed by atoms with van der Waals surface area (Å²) in [5, 5.41) is 30.1. The summed E-state index contributed by atoms with van der Waals surface area (Å²) in [6, 6.07) is 16.4. The van der Waals surface area contributed by atoms with E-state index in [9.17, 15) is 20.1 Å². The molecule has 4 atom stereocenters. The SMILES string of the molecule is O=c1[nH]c(=S)c(C2c3ccccc3CCc3ccccc32)cn1[C@@H]1O[C@H](CO)[C@@H](O)[C@H]1O. The van der Waals surface area contributed by atoms with Crippen LogP contribution in [0.25, 0.3) is 0 Å². The molecule has 1 saturated heterocycles. The zero-order chi connectivity index (χ0) is 22.4. The number of benzene rings is 2. The van der Waals surface area contributed by atoms with Crippen LogP contribution in [0.2, 0.25) is 0 Å². The van der Waals surface area contributed by atoms with Crippen LogP contribution in [-0.2, 0) is 17.6 Å². The number of aliphatic hydroxyl groups is 3. The molecule has 8 heteroatoms. The molecule has 0 amide bonds. The summed E-state index contributed by atoms with van der Waals surface area (Å²) in [7, 11) is 0. The molecule has 32 heavy (non-hydrogen) atoms. The molecule has 4 N–H and O–H groups in total. The normalized spacial score (nSPS) is 25.2. The number of rotatable bonds is 3. The molecule has 0 unspecified atom stereocenters. The smallest absolute Gasteiger partial charge is 0.328 e. The number of aromatic amines is 1. The van der Waals surface area contributed by atoms with Crippen molar-refractivity contribution in [1.82, 2.24) is 9.55 Å². The molecular formula is C24H24N2O5S. The molecule has 1 aromatic heterocycles. The van der Waals surface area contributed by atoms with E-state index in [0.29, 0.717) is 10.2 Å². The summed E-state index contributed by atoms with van der Waals surface area (Å²) in [5.74, 6) is -0.211. The molecule has 0 saturated carbocycles. The molecule has 1 aliphatic heterocycles. The van der Waals surface area contributed by atoms with Gasteiger partial charge in [0.25, 0.3) is 0 Å². The zero-order valence-corrected chi connectivity index (χ0v) is 18.0. The quantitative estimate of drug-likeness (QED) is 0.452. The highest BCUT2D eigenvalue weighted by Gasteiger charge is 2.44. The molecule has 2 heterocycles. The summed E-state index contributed by atoms with van der Waals surface area (Å²) < 4.78 is 7.15. The summed E-state index contributed by atoms with van der Waals surface area (Å²) in [4.78, 5) is 15.5. The van der Waals surface area contributed by atoms with Crippen LogP contribution in [-0.4, -0.2) is 49.8 Å². The number of hydrogen-bond acceptors (Lipinski definition) is 6. The van der Waals surface area contributed by atoms with E-state index < -0.39 is 36.8 Å². The largest absolute Gasteiger partial charge is 0.394 e. The highest BCUT2D eigenvalue weighted by Crippen LogP contribution is 2.39. The third-order valence-electron chi connectivity index (χ3n) is 6.49. The minimum absolute atomic E-state index is 0.211. The Kier molecular flexibility index (Phi) is 5.56. The third-order valence-corrected chi connectivity index (χ3v) is 6.83. The van der Waals surface area contributed by atoms with Gasteiger partial charge in [0, 0.05) is 17.7 Å². The fourth-order valence-electron chi connectivity index (χ4n) is 4.86. The van der Waals surface area contributed by atoms with Crippen molar-refractivity contribution in [2.45, 2.75) is 43.3 Å². The molecule has 0 bridgehead atoms. The van der Waals surface area contributed by atoms with E-state index in [2.05, 4.69) is 29.2 Å². The Bertz CT molecular complexity index is 1220. The van der Waals surface area contributed by atoms with E-state index in [1.807, 2.05) is 24.3 Å². The maximum Gasteiger partial charge on any atom is 0.328 e. The number of aliphatic hydroxyl groups excluding tert-OH is 3. The lowest BCUT2D eigenvalue weighted by molar-refractivity contribution is -0.0551. The lowest BCUT2D eigenvalue weighted by Crippen LogP contribution is -2.36. The number of aryl methyl sites for hydroxylation is 2. The molecule has 0 radical (unpaired) electrons. The average molecular weight is 453 g/mol. The number of ether oxygens (including phenoxy) is 1. The minimum Gasteiger partial charge on any atom is -0.394 e. The number of nitrogens with zero attached hydrogens (tertiary/aromatic N) is 1. The van der Waals surface area contributed by atoms with Crippen molar-refractivity contribution in [3.63, 3.8) is 0 Å². The Balaban J connectivity index is 1.71. The van der Waals surface area contributed by atoms with Gasteiger partial charge >= 0.3 is 5.69 Å². The monoisotopic (exact) mass is 452 g/mol. The summed E-state index contributed by atoms with van der Waals surface area (Å²) in [5.41, 5.74) is 4.82. The van der Waals surface area contributed by atoms with Gasteiger partial charge in [-0.1, -0.05) is 60.7 Å². The van der Waals surface area contributed by atoms with E-state index in [4.69, 9.17) is 17.0 Å². The first-order valence-electron chi connectivity index (χ1n) is 10.6. The van der Waals surface area contributed by atoms with Crippen molar-refractivity contribution in [2.24, 2.45) is 0 Å². The van der Waals surface area contributed by atoms with Gasteiger partial charge in [-0.05, 0) is 35.1 Å². The van der Waals surface area contributed by atoms with E-state index in [-0.39, 0.29) is 5.92 Å². The fourth-order valence-corrected chi connectivity index (χ4v) is 5.12. The van der Waals surface area contributed by atoms with Crippen molar-refractivity contribution < 1.29 is 20.1 Å². The molecule has 1 fully saturated rings. The molecule has 166 valence electrons. The van der Waals surface area contributed by atoms with Crippen molar-refractivity contribution in [1.29, 1.82) is 0 Å². The Morgan fingerprint density at radius 3 is 2.12 bits per heavy atom. The fraction of sp³-hybridized carbons (Fsp3) is 0.333.